The Morgan fingerprint density at radius 2 is 1.64 bits per heavy atom. The van der Waals surface area contributed by atoms with E-state index in [0.717, 1.165) is 31.2 Å². The molecule has 0 radical (unpaired) electrons. The Kier molecular flexibility index (Phi) is 7.44. The number of fused-ring (bicyclic) bond motifs is 7. The first-order valence-electron chi connectivity index (χ1n) is 17.0. The molecule has 3 nitrogen and oxygen atoms in total. The van der Waals surface area contributed by atoms with Crippen molar-refractivity contribution in [3.05, 3.63) is 54.1 Å². The van der Waals surface area contributed by atoms with Crippen molar-refractivity contribution in [3.8, 4) is 0 Å². The van der Waals surface area contributed by atoms with Gasteiger partial charge < -0.3 is 9.84 Å². The Morgan fingerprint density at radius 3 is 2.36 bits per heavy atom. The fourth-order valence-electron chi connectivity index (χ4n) is 12.5. The number of benzene rings is 1. The second-order valence-electron chi connectivity index (χ2n) is 16.8. The van der Waals surface area contributed by atoms with Crippen LogP contribution in [0.4, 0.5) is 0 Å². The molecule has 42 heavy (non-hydrogen) atoms. The van der Waals surface area contributed by atoms with Gasteiger partial charge in [0.2, 0.25) is 0 Å². The van der Waals surface area contributed by atoms with Gasteiger partial charge >= 0.3 is 5.97 Å². The molecule has 0 spiro atoms. The van der Waals surface area contributed by atoms with Crippen LogP contribution in [0.3, 0.4) is 0 Å². The third-order valence-electron chi connectivity index (χ3n) is 14.9. The molecule has 0 amide bonds. The number of carbonyl (C=O) groups excluding carboxylic acids is 1. The van der Waals surface area contributed by atoms with Crippen LogP contribution in [0.2, 0.25) is 0 Å². The Hall–Kier alpha value is -1.87. The molecular weight excluding hydrogens is 516 g/mol. The van der Waals surface area contributed by atoms with Crippen LogP contribution in [-0.4, -0.2) is 23.8 Å². The van der Waals surface area contributed by atoms with Crippen LogP contribution in [0.5, 0.6) is 0 Å². The highest BCUT2D eigenvalue weighted by molar-refractivity contribution is 5.87. The lowest BCUT2D eigenvalue weighted by Crippen LogP contribution is -2.66. The van der Waals surface area contributed by atoms with Gasteiger partial charge in [-0.3, -0.25) is 0 Å². The minimum absolute atomic E-state index is 0.0108. The summed E-state index contributed by atoms with van der Waals surface area (Å²) in [6.07, 6.45) is 15.2. The van der Waals surface area contributed by atoms with Crippen molar-refractivity contribution in [1.82, 2.24) is 0 Å². The molecule has 10 atom stereocenters. The Labute approximate surface area is 255 Å². The molecule has 5 aliphatic rings. The maximum atomic E-state index is 12.9. The van der Waals surface area contributed by atoms with Crippen LogP contribution in [0, 0.1) is 56.7 Å². The van der Waals surface area contributed by atoms with Gasteiger partial charge in [0.05, 0.1) is 12.7 Å². The van der Waals surface area contributed by atoms with Crippen LogP contribution in [0.1, 0.15) is 111 Å². The monoisotopic (exact) mass is 572 g/mol. The zero-order valence-electron chi connectivity index (χ0n) is 27.3. The normalized spacial score (nSPS) is 45.8. The van der Waals surface area contributed by atoms with Gasteiger partial charge in [0.15, 0.2) is 0 Å². The lowest BCUT2D eigenvalue weighted by molar-refractivity contribution is -0.249. The van der Waals surface area contributed by atoms with Crippen LogP contribution >= 0.6 is 0 Å². The molecule has 3 heteroatoms. The van der Waals surface area contributed by atoms with E-state index < -0.39 is 0 Å². The predicted octanol–water partition coefficient (Wildman–Crippen LogP) is 9.26. The average molecular weight is 573 g/mol. The second kappa shape index (κ2) is 10.4. The summed E-state index contributed by atoms with van der Waals surface area (Å²) in [5, 5.41) is 11.0. The third kappa shape index (κ3) is 4.33. The van der Waals surface area contributed by atoms with Gasteiger partial charge in [0.25, 0.3) is 0 Å². The lowest BCUT2D eigenvalue weighted by Gasteiger charge is -2.73. The number of ether oxygens (including phenoxy) is 1. The average Bonchev–Trinajstić information content (AvgIpc) is 3.34. The Balaban J connectivity index is 1.27. The fourth-order valence-corrected chi connectivity index (χ4v) is 12.5. The van der Waals surface area contributed by atoms with Crippen molar-refractivity contribution in [1.29, 1.82) is 0 Å². The van der Waals surface area contributed by atoms with Crippen molar-refractivity contribution in [2.24, 2.45) is 56.7 Å². The van der Waals surface area contributed by atoms with Gasteiger partial charge in [-0.1, -0.05) is 77.1 Å². The summed E-state index contributed by atoms with van der Waals surface area (Å²) in [6.45, 7) is 20.0. The van der Waals surface area contributed by atoms with Crippen molar-refractivity contribution in [3.63, 3.8) is 0 Å². The molecule has 1 N–H and O–H groups in total. The van der Waals surface area contributed by atoms with E-state index in [0.29, 0.717) is 47.0 Å². The number of allylic oxidation sites excluding steroid dienone is 1. The van der Waals surface area contributed by atoms with E-state index in [9.17, 15) is 9.90 Å². The first kappa shape index (κ1) is 30.2. The summed E-state index contributed by atoms with van der Waals surface area (Å²) >= 11 is 0. The van der Waals surface area contributed by atoms with Gasteiger partial charge in [-0.05, 0) is 134 Å². The second-order valence-corrected chi connectivity index (χ2v) is 16.8. The van der Waals surface area contributed by atoms with Crippen LogP contribution in [-0.2, 0) is 9.53 Å². The van der Waals surface area contributed by atoms with E-state index in [1.54, 1.807) is 6.08 Å². The van der Waals surface area contributed by atoms with Gasteiger partial charge in [0, 0.05) is 11.5 Å². The molecule has 0 bridgehead atoms. The largest absolute Gasteiger partial charge is 0.462 e. The van der Waals surface area contributed by atoms with Crippen LogP contribution in [0.15, 0.2) is 48.6 Å². The van der Waals surface area contributed by atoms with E-state index >= 15 is 0 Å². The summed E-state index contributed by atoms with van der Waals surface area (Å²) in [7, 11) is 0. The molecule has 1 aromatic rings. The Morgan fingerprint density at radius 1 is 0.905 bits per heavy atom. The van der Waals surface area contributed by atoms with Gasteiger partial charge in [-0.15, -0.1) is 0 Å². The molecule has 5 saturated carbocycles. The number of aliphatic hydroxyl groups is 1. The third-order valence-corrected chi connectivity index (χ3v) is 14.9. The summed E-state index contributed by atoms with van der Waals surface area (Å²) in [4.78, 5) is 12.9. The van der Waals surface area contributed by atoms with E-state index in [-0.39, 0.29) is 28.3 Å². The zero-order chi connectivity index (χ0) is 30.1. The highest BCUT2D eigenvalue weighted by Gasteiger charge is 2.70. The fraction of sp³-hybridized carbons (Fsp3) is 0.718. The molecule has 5 aliphatic carbocycles. The minimum atomic E-state index is -0.219. The number of carbonyl (C=O) groups is 1. The van der Waals surface area contributed by atoms with E-state index in [1.165, 1.54) is 44.1 Å². The van der Waals surface area contributed by atoms with Crippen molar-refractivity contribution >= 4 is 12.0 Å². The number of rotatable bonds is 5. The van der Waals surface area contributed by atoms with Gasteiger partial charge in [0.1, 0.15) is 0 Å². The number of esters is 1. The number of hydrogen-bond donors (Lipinski definition) is 1. The summed E-state index contributed by atoms with van der Waals surface area (Å²) in [5.74, 6) is 2.76. The maximum absolute atomic E-state index is 12.9. The highest BCUT2D eigenvalue weighted by Crippen LogP contribution is 2.77. The topological polar surface area (TPSA) is 46.5 Å². The van der Waals surface area contributed by atoms with E-state index in [1.807, 2.05) is 36.4 Å². The van der Waals surface area contributed by atoms with Crippen molar-refractivity contribution in [2.45, 2.75) is 112 Å². The van der Waals surface area contributed by atoms with Crippen molar-refractivity contribution < 1.29 is 14.6 Å². The van der Waals surface area contributed by atoms with Crippen molar-refractivity contribution in [2.75, 3.05) is 6.61 Å². The van der Waals surface area contributed by atoms with Gasteiger partial charge in [-0.2, -0.15) is 0 Å². The quantitative estimate of drug-likeness (QED) is 0.217. The molecule has 0 aromatic heterocycles. The summed E-state index contributed by atoms with van der Waals surface area (Å²) < 4.78 is 6.12. The smallest absolute Gasteiger partial charge is 0.330 e. The standard InChI is InChI=1S/C39H56O3/c1-26(2)28-17-22-39(25-42-33(41)16-13-27-11-9-8-10-12-27)24-23-37(6)29(34(28)39)14-15-31-36(5)20-19-32(40)35(3,4)30(36)18-21-38(31,37)7/h8-13,16,28-32,34,40H,1,14-15,17-25H2,2-7H3/b16-13+/t28-,29-,30-,31-,32-,34-,36+,37-,38-,39-/m0/s1. The summed E-state index contributed by atoms with van der Waals surface area (Å²) in [6, 6.07) is 9.99. The minimum Gasteiger partial charge on any atom is -0.462 e. The van der Waals surface area contributed by atoms with Crippen LogP contribution in [0.25, 0.3) is 6.08 Å². The molecule has 5 fully saturated rings. The lowest BCUT2D eigenvalue weighted by atomic mass is 9.32. The zero-order valence-corrected chi connectivity index (χ0v) is 27.3. The van der Waals surface area contributed by atoms with E-state index in [2.05, 4.69) is 48.1 Å². The van der Waals surface area contributed by atoms with E-state index in [4.69, 9.17) is 4.74 Å². The SMILES string of the molecule is C=C(C)[C@@H]1CC[C@@]2(COC(=O)/C=C/c3ccccc3)CC[C@@]3(C)[C@@H](CC[C@H]4[C@]5(C)CC[C@H](O)C(C)(C)[C@@H]5CC[C@@]43C)[C@H]12. The molecular formula is C39H56O3. The maximum Gasteiger partial charge on any atom is 0.330 e. The number of hydrogen-bond acceptors (Lipinski definition) is 3. The first-order valence-corrected chi connectivity index (χ1v) is 17.0. The highest BCUT2D eigenvalue weighted by atomic mass is 16.5. The molecule has 0 saturated heterocycles. The Bertz CT molecular complexity index is 1230. The molecule has 0 aliphatic heterocycles. The van der Waals surface area contributed by atoms with Crippen LogP contribution < -0.4 is 0 Å². The van der Waals surface area contributed by atoms with Gasteiger partial charge in [-0.25, -0.2) is 4.79 Å². The molecule has 0 unspecified atom stereocenters. The molecule has 230 valence electrons. The summed E-state index contributed by atoms with van der Waals surface area (Å²) in [5.41, 5.74) is 3.26. The predicted molar refractivity (Wildman–Crippen MR) is 171 cm³/mol. The molecule has 6 rings (SSSR count). The molecule has 1 aromatic carbocycles. The molecule has 0 heterocycles. The first-order chi connectivity index (χ1) is 19.8. The number of aliphatic hydroxyl groups excluding tert-OH is 1.